The van der Waals surface area contributed by atoms with Gasteiger partial charge in [-0.05, 0) is 24.3 Å². The minimum Gasteiger partial charge on any atom is -0.454 e. The van der Waals surface area contributed by atoms with Crippen molar-refractivity contribution in [2.45, 2.75) is 0 Å². The average Bonchev–Trinajstić information content (AvgIpc) is 3.19. The van der Waals surface area contributed by atoms with E-state index in [0.29, 0.717) is 36.0 Å². The Kier molecular flexibility index (Phi) is 7.41. The summed E-state index contributed by atoms with van der Waals surface area (Å²) in [6, 6.07) is 11.7. The Bertz CT molecular complexity index is 965. The number of fused-ring (bicyclic) bond motifs is 1. The van der Waals surface area contributed by atoms with E-state index in [9.17, 15) is 14.4 Å². The summed E-state index contributed by atoms with van der Waals surface area (Å²) < 4.78 is 15.6. The van der Waals surface area contributed by atoms with Gasteiger partial charge in [0.2, 0.25) is 18.6 Å². The van der Waals surface area contributed by atoms with Gasteiger partial charge in [0.15, 0.2) is 11.5 Å². The van der Waals surface area contributed by atoms with Crippen LogP contribution in [-0.2, 0) is 14.3 Å². The van der Waals surface area contributed by atoms with Crippen LogP contribution in [0.4, 0.5) is 11.4 Å². The molecule has 0 atom stereocenters. The van der Waals surface area contributed by atoms with Gasteiger partial charge < -0.3 is 30.6 Å². The Morgan fingerprint density at radius 2 is 1.84 bits per heavy atom. The molecule has 4 N–H and O–H groups in total. The first-order valence-electron chi connectivity index (χ1n) is 9.55. The second-order valence-corrected chi connectivity index (χ2v) is 6.79. The predicted octanol–water partition coefficient (Wildman–Crippen LogP) is 1.04. The minimum atomic E-state index is -0.549. The van der Waals surface area contributed by atoms with Crippen LogP contribution in [0.25, 0.3) is 0 Å². The third-order valence-corrected chi connectivity index (χ3v) is 4.43. The molecule has 3 rings (SSSR count). The summed E-state index contributed by atoms with van der Waals surface area (Å²) in [7, 11) is 1.53. The van der Waals surface area contributed by atoms with Crippen LogP contribution in [0.5, 0.6) is 11.5 Å². The molecule has 10 nitrogen and oxygen atoms in total. The Morgan fingerprint density at radius 1 is 1.06 bits per heavy atom. The summed E-state index contributed by atoms with van der Waals surface area (Å²) in [5.41, 5.74) is 6.40. The summed E-state index contributed by atoms with van der Waals surface area (Å²) in [5, 5.41) is 5.50. The van der Waals surface area contributed by atoms with E-state index < -0.39 is 11.8 Å². The van der Waals surface area contributed by atoms with Crippen molar-refractivity contribution < 1.29 is 28.6 Å². The first-order valence-corrected chi connectivity index (χ1v) is 9.55. The molecule has 1 heterocycles. The predicted molar refractivity (Wildman–Crippen MR) is 113 cm³/mol. The van der Waals surface area contributed by atoms with Gasteiger partial charge in [-0.1, -0.05) is 12.1 Å². The number of rotatable bonds is 10. The van der Waals surface area contributed by atoms with Crippen molar-refractivity contribution in [3.05, 3.63) is 48.0 Å². The van der Waals surface area contributed by atoms with Crippen LogP contribution in [0.15, 0.2) is 42.5 Å². The Balaban J connectivity index is 1.67. The van der Waals surface area contributed by atoms with Crippen LogP contribution in [0.1, 0.15) is 10.4 Å². The molecular formula is C21H24N4O6. The SMILES string of the molecule is COCCN(CC(N)=O)CC(=O)Nc1ccccc1C(=O)Nc1ccc2c(c1)OCO2. The number of nitrogens with one attached hydrogen (secondary N) is 2. The second kappa shape index (κ2) is 10.4. The highest BCUT2D eigenvalue weighted by atomic mass is 16.7. The summed E-state index contributed by atoms with van der Waals surface area (Å²) >= 11 is 0. The number of carbonyl (C=O) groups is 3. The zero-order valence-electron chi connectivity index (χ0n) is 17.1. The van der Waals surface area contributed by atoms with E-state index in [2.05, 4.69) is 10.6 Å². The van der Waals surface area contributed by atoms with Crippen LogP contribution in [0, 0.1) is 0 Å². The molecule has 164 valence electrons. The number of nitrogens with two attached hydrogens (primary N) is 1. The lowest BCUT2D eigenvalue weighted by Gasteiger charge is -2.20. The number of ether oxygens (including phenoxy) is 3. The molecule has 0 spiro atoms. The monoisotopic (exact) mass is 428 g/mol. The molecule has 3 amide bonds. The fourth-order valence-electron chi connectivity index (χ4n) is 3.01. The quantitative estimate of drug-likeness (QED) is 0.515. The number of nitrogens with zero attached hydrogens (tertiary/aromatic N) is 1. The molecule has 0 bridgehead atoms. The molecule has 0 saturated carbocycles. The van der Waals surface area contributed by atoms with E-state index in [1.54, 1.807) is 47.4 Å². The van der Waals surface area contributed by atoms with E-state index in [0.717, 1.165) is 0 Å². The lowest BCUT2D eigenvalue weighted by molar-refractivity contribution is -0.121. The van der Waals surface area contributed by atoms with Gasteiger partial charge >= 0.3 is 0 Å². The average molecular weight is 428 g/mol. The summed E-state index contributed by atoms with van der Waals surface area (Å²) in [6.45, 7) is 0.681. The number of primary amides is 1. The fraction of sp³-hybridized carbons (Fsp3) is 0.286. The van der Waals surface area contributed by atoms with Gasteiger partial charge in [-0.3, -0.25) is 19.3 Å². The van der Waals surface area contributed by atoms with Gasteiger partial charge in [0.1, 0.15) is 0 Å². The van der Waals surface area contributed by atoms with Crippen LogP contribution < -0.4 is 25.8 Å². The number of hydrogen-bond donors (Lipinski definition) is 3. The Labute approximate surface area is 179 Å². The van der Waals surface area contributed by atoms with E-state index >= 15 is 0 Å². The zero-order chi connectivity index (χ0) is 22.2. The highest BCUT2D eigenvalue weighted by Crippen LogP contribution is 2.34. The van der Waals surface area contributed by atoms with Crippen molar-refractivity contribution >= 4 is 29.1 Å². The maximum absolute atomic E-state index is 12.8. The molecule has 0 radical (unpaired) electrons. The zero-order valence-corrected chi connectivity index (χ0v) is 17.1. The third-order valence-electron chi connectivity index (χ3n) is 4.43. The number of methoxy groups -OCH3 is 1. The van der Waals surface area contributed by atoms with Gasteiger partial charge in [0.05, 0.1) is 30.9 Å². The van der Waals surface area contributed by atoms with E-state index in [1.807, 2.05) is 0 Å². The maximum atomic E-state index is 12.8. The molecule has 0 aromatic heterocycles. The third kappa shape index (κ3) is 6.17. The van der Waals surface area contributed by atoms with E-state index in [1.165, 1.54) is 7.11 Å². The first-order chi connectivity index (χ1) is 15.0. The van der Waals surface area contributed by atoms with E-state index in [-0.39, 0.29) is 31.4 Å². The summed E-state index contributed by atoms with van der Waals surface area (Å²) in [4.78, 5) is 38.1. The fourth-order valence-corrected chi connectivity index (χ4v) is 3.01. The van der Waals surface area contributed by atoms with Gasteiger partial charge in [0.25, 0.3) is 5.91 Å². The lowest BCUT2D eigenvalue weighted by atomic mass is 10.1. The van der Waals surface area contributed by atoms with Gasteiger partial charge in [-0.15, -0.1) is 0 Å². The van der Waals surface area contributed by atoms with Crippen molar-refractivity contribution in [3.63, 3.8) is 0 Å². The molecule has 10 heteroatoms. The number of amides is 3. The highest BCUT2D eigenvalue weighted by Gasteiger charge is 2.18. The number of para-hydroxylation sites is 1. The van der Waals surface area contributed by atoms with Gasteiger partial charge in [-0.25, -0.2) is 0 Å². The van der Waals surface area contributed by atoms with Crippen molar-refractivity contribution in [2.24, 2.45) is 5.73 Å². The van der Waals surface area contributed by atoms with Crippen molar-refractivity contribution in [1.29, 1.82) is 0 Å². The maximum Gasteiger partial charge on any atom is 0.257 e. The minimum absolute atomic E-state index is 0.0790. The summed E-state index contributed by atoms with van der Waals surface area (Å²) in [6.07, 6.45) is 0. The molecule has 2 aromatic rings. The molecule has 0 aliphatic carbocycles. The first kappa shape index (κ1) is 22.1. The van der Waals surface area contributed by atoms with Crippen molar-refractivity contribution in [1.82, 2.24) is 4.90 Å². The molecule has 2 aromatic carbocycles. The van der Waals surface area contributed by atoms with Gasteiger partial charge in [-0.2, -0.15) is 0 Å². The van der Waals surface area contributed by atoms with Crippen LogP contribution in [0.3, 0.4) is 0 Å². The second-order valence-electron chi connectivity index (χ2n) is 6.79. The van der Waals surface area contributed by atoms with Crippen molar-refractivity contribution in [3.8, 4) is 11.5 Å². The highest BCUT2D eigenvalue weighted by molar-refractivity contribution is 6.10. The lowest BCUT2D eigenvalue weighted by Crippen LogP contribution is -2.41. The number of carbonyl (C=O) groups excluding carboxylic acids is 3. The molecule has 1 aliphatic rings. The molecule has 31 heavy (non-hydrogen) atoms. The Morgan fingerprint density at radius 3 is 2.61 bits per heavy atom. The topological polar surface area (TPSA) is 132 Å². The normalized spacial score (nSPS) is 11.9. The molecule has 1 aliphatic heterocycles. The largest absolute Gasteiger partial charge is 0.454 e. The molecule has 0 saturated heterocycles. The Hall–Kier alpha value is -3.63. The number of anilines is 2. The standard InChI is InChI=1S/C21H24N4O6/c1-29-9-8-25(11-19(22)26)12-20(27)24-16-5-3-2-4-15(16)21(28)23-14-6-7-17-18(10-14)31-13-30-17/h2-7,10H,8-9,11-13H2,1H3,(H2,22,26)(H,23,28)(H,24,27). The van der Waals surface area contributed by atoms with Crippen LogP contribution in [-0.4, -0.2) is 62.8 Å². The smallest absolute Gasteiger partial charge is 0.257 e. The van der Waals surface area contributed by atoms with Gasteiger partial charge in [0, 0.05) is 25.4 Å². The molecule has 0 unspecified atom stereocenters. The van der Waals surface area contributed by atoms with Crippen molar-refractivity contribution in [2.75, 3.05) is 50.8 Å². The number of hydrogen-bond acceptors (Lipinski definition) is 7. The summed E-state index contributed by atoms with van der Waals surface area (Å²) in [5.74, 6) is -0.180. The molecule has 0 fully saturated rings. The van der Waals surface area contributed by atoms with Crippen LogP contribution in [0.2, 0.25) is 0 Å². The van der Waals surface area contributed by atoms with Crippen LogP contribution >= 0.6 is 0 Å². The number of benzene rings is 2. The molecular weight excluding hydrogens is 404 g/mol. The van der Waals surface area contributed by atoms with E-state index in [4.69, 9.17) is 19.9 Å².